The zero-order chi connectivity index (χ0) is 11.4. The van der Waals surface area contributed by atoms with E-state index in [2.05, 4.69) is 10.1 Å². The minimum atomic E-state index is -0.682. The Bertz CT molecular complexity index is 335. The maximum absolute atomic E-state index is 11.2. The van der Waals surface area contributed by atoms with Crippen LogP contribution in [-0.2, 0) is 14.3 Å². The maximum Gasteiger partial charge on any atom is 0.412 e. The SMILES string of the molecule is CCOC(=O)NC1=CC(=O)CC(=O)N1C. The number of nitrogens with zero attached hydrogens (tertiary/aromatic N) is 1. The summed E-state index contributed by atoms with van der Waals surface area (Å²) in [6, 6.07) is 0. The first-order chi connectivity index (χ1) is 7.04. The predicted octanol–water partition coefficient (Wildman–Crippen LogP) is 0.00510. The van der Waals surface area contributed by atoms with Crippen molar-refractivity contribution in [1.29, 1.82) is 0 Å². The first kappa shape index (κ1) is 11.2. The predicted molar refractivity (Wildman–Crippen MR) is 50.6 cm³/mol. The zero-order valence-corrected chi connectivity index (χ0v) is 8.57. The van der Waals surface area contributed by atoms with Crippen molar-refractivity contribution in [2.75, 3.05) is 13.7 Å². The smallest absolute Gasteiger partial charge is 0.412 e. The molecule has 0 aliphatic carbocycles. The highest BCUT2D eigenvalue weighted by Gasteiger charge is 2.24. The number of hydrogen-bond donors (Lipinski definition) is 1. The van der Waals surface area contributed by atoms with Gasteiger partial charge in [0, 0.05) is 13.1 Å². The number of nitrogens with one attached hydrogen (secondary N) is 1. The molecule has 82 valence electrons. The number of alkyl carbamates (subject to hydrolysis) is 1. The Morgan fingerprint density at radius 2 is 2.27 bits per heavy atom. The molecule has 0 aromatic carbocycles. The lowest BCUT2D eigenvalue weighted by Gasteiger charge is -2.23. The van der Waals surface area contributed by atoms with Gasteiger partial charge in [-0.2, -0.15) is 0 Å². The third-order valence-electron chi connectivity index (χ3n) is 1.86. The Morgan fingerprint density at radius 3 is 2.87 bits per heavy atom. The van der Waals surface area contributed by atoms with E-state index in [1.165, 1.54) is 18.0 Å². The summed E-state index contributed by atoms with van der Waals surface area (Å²) in [5.74, 6) is -0.533. The second-order valence-electron chi connectivity index (χ2n) is 2.97. The summed E-state index contributed by atoms with van der Waals surface area (Å²) in [6.45, 7) is 1.89. The van der Waals surface area contributed by atoms with Crippen LogP contribution in [0, 0.1) is 0 Å². The van der Waals surface area contributed by atoms with Crippen LogP contribution in [0.5, 0.6) is 0 Å². The first-order valence-corrected chi connectivity index (χ1v) is 4.49. The summed E-state index contributed by atoms with van der Waals surface area (Å²) in [7, 11) is 1.48. The van der Waals surface area contributed by atoms with E-state index in [-0.39, 0.29) is 30.5 Å². The number of amides is 2. The van der Waals surface area contributed by atoms with Crippen molar-refractivity contribution >= 4 is 17.8 Å². The molecule has 0 saturated carbocycles. The quantitative estimate of drug-likeness (QED) is 0.654. The van der Waals surface area contributed by atoms with Crippen LogP contribution in [0.4, 0.5) is 4.79 Å². The Balaban J connectivity index is 2.71. The molecule has 1 aliphatic heterocycles. The van der Waals surface area contributed by atoms with Crippen LogP contribution >= 0.6 is 0 Å². The molecule has 0 aromatic rings. The molecule has 0 radical (unpaired) electrons. The van der Waals surface area contributed by atoms with Crippen LogP contribution in [0.1, 0.15) is 13.3 Å². The highest BCUT2D eigenvalue weighted by atomic mass is 16.5. The molecule has 0 saturated heterocycles. The Hall–Kier alpha value is -1.85. The van der Waals surface area contributed by atoms with Crippen LogP contribution in [0.15, 0.2) is 11.9 Å². The lowest BCUT2D eigenvalue weighted by molar-refractivity contribution is -0.133. The van der Waals surface area contributed by atoms with Crippen LogP contribution in [0.3, 0.4) is 0 Å². The minimum absolute atomic E-state index is 0.148. The third-order valence-corrected chi connectivity index (χ3v) is 1.86. The molecule has 1 N–H and O–H groups in total. The number of hydrogen-bond acceptors (Lipinski definition) is 4. The van der Waals surface area contributed by atoms with Crippen molar-refractivity contribution in [1.82, 2.24) is 10.2 Å². The van der Waals surface area contributed by atoms with E-state index in [9.17, 15) is 14.4 Å². The Labute approximate surface area is 86.9 Å². The van der Waals surface area contributed by atoms with E-state index in [1.807, 2.05) is 0 Å². The highest BCUT2D eigenvalue weighted by molar-refractivity contribution is 6.07. The molecular formula is C9H12N2O4. The average Bonchev–Trinajstić information content (AvgIpc) is 2.13. The third kappa shape index (κ3) is 2.80. The summed E-state index contributed by atoms with van der Waals surface area (Å²) in [5.41, 5.74) is 0. The van der Waals surface area contributed by atoms with Crippen molar-refractivity contribution in [3.63, 3.8) is 0 Å². The van der Waals surface area contributed by atoms with Gasteiger partial charge >= 0.3 is 6.09 Å². The number of ketones is 1. The molecule has 0 spiro atoms. The molecule has 0 bridgehead atoms. The molecule has 6 nitrogen and oxygen atoms in total. The summed E-state index contributed by atoms with van der Waals surface area (Å²) in [5, 5.41) is 2.31. The van der Waals surface area contributed by atoms with Gasteiger partial charge in [0.25, 0.3) is 0 Å². The van der Waals surface area contributed by atoms with Crippen LogP contribution in [0.25, 0.3) is 0 Å². The van der Waals surface area contributed by atoms with Crippen molar-refractivity contribution < 1.29 is 19.1 Å². The van der Waals surface area contributed by atoms with E-state index in [1.54, 1.807) is 6.92 Å². The standard InChI is InChI=1S/C9H12N2O4/c1-3-15-9(14)10-7-4-6(12)5-8(13)11(7)2/h4H,3,5H2,1-2H3,(H,10,14). The van der Waals surface area contributed by atoms with E-state index < -0.39 is 6.09 Å². The topological polar surface area (TPSA) is 75.7 Å². The molecule has 1 rings (SSSR count). The minimum Gasteiger partial charge on any atom is -0.450 e. The van der Waals surface area contributed by atoms with Crippen molar-refractivity contribution in [3.05, 3.63) is 11.9 Å². The van der Waals surface area contributed by atoms with E-state index >= 15 is 0 Å². The largest absolute Gasteiger partial charge is 0.450 e. The molecule has 0 atom stereocenters. The number of carbonyl (C=O) groups excluding carboxylic acids is 3. The normalized spacial score (nSPS) is 16.1. The number of ether oxygens (including phenoxy) is 1. The molecule has 1 aliphatic rings. The van der Waals surface area contributed by atoms with Gasteiger partial charge in [0.15, 0.2) is 5.78 Å². The number of rotatable bonds is 2. The monoisotopic (exact) mass is 212 g/mol. The summed E-state index contributed by atoms with van der Waals surface area (Å²) < 4.78 is 4.62. The van der Waals surface area contributed by atoms with Crippen molar-refractivity contribution in [2.24, 2.45) is 0 Å². The van der Waals surface area contributed by atoms with Gasteiger partial charge < -0.3 is 9.64 Å². The Morgan fingerprint density at radius 1 is 1.60 bits per heavy atom. The molecule has 6 heteroatoms. The van der Waals surface area contributed by atoms with Gasteiger partial charge in [-0.25, -0.2) is 4.79 Å². The van der Waals surface area contributed by atoms with Gasteiger partial charge in [-0.1, -0.05) is 0 Å². The lowest BCUT2D eigenvalue weighted by Crippen LogP contribution is -2.40. The van der Waals surface area contributed by atoms with Gasteiger partial charge in [-0.3, -0.25) is 14.9 Å². The second kappa shape index (κ2) is 4.59. The van der Waals surface area contributed by atoms with E-state index in [4.69, 9.17) is 0 Å². The van der Waals surface area contributed by atoms with Crippen molar-refractivity contribution in [2.45, 2.75) is 13.3 Å². The number of carbonyl (C=O) groups is 3. The second-order valence-corrected chi connectivity index (χ2v) is 2.97. The van der Waals surface area contributed by atoms with Crippen LogP contribution in [0.2, 0.25) is 0 Å². The van der Waals surface area contributed by atoms with Gasteiger partial charge in [0.1, 0.15) is 5.82 Å². The fourth-order valence-electron chi connectivity index (χ4n) is 1.09. The summed E-state index contributed by atoms with van der Waals surface area (Å²) in [4.78, 5) is 34.5. The summed E-state index contributed by atoms with van der Waals surface area (Å²) in [6.07, 6.45) is 0.362. The first-order valence-electron chi connectivity index (χ1n) is 4.49. The number of allylic oxidation sites excluding steroid dienone is 1. The summed E-state index contributed by atoms with van der Waals surface area (Å²) >= 11 is 0. The average molecular weight is 212 g/mol. The van der Waals surface area contributed by atoms with Crippen LogP contribution < -0.4 is 5.32 Å². The molecule has 0 fully saturated rings. The maximum atomic E-state index is 11.2. The van der Waals surface area contributed by atoms with Gasteiger partial charge in [-0.15, -0.1) is 0 Å². The van der Waals surface area contributed by atoms with Crippen LogP contribution in [-0.4, -0.2) is 36.3 Å². The molecule has 0 unspecified atom stereocenters. The lowest BCUT2D eigenvalue weighted by atomic mass is 10.2. The van der Waals surface area contributed by atoms with E-state index in [0.717, 1.165) is 0 Å². The molecule has 15 heavy (non-hydrogen) atoms. The van der Waals surface area contributed by atoms with Crippen molar-refractivity contribution in [3.8, 4) is 0 Å². The zero-order valence-electron chi connectivity index (χ0n) is 8.57. The van der Waals surface area contributed by atoms with Gasteiger partial charge in [0.2, 0.25) is 5.91 Å². The van der Waals surface area contributed by atoms with E-state index in [0.29, 0.717) is 0 Å². The molecular weight excluding hydrogens is 200 g/mol. The Kier molecular flexibility index (Phi) is 3.43. The fourth-order valence-corrected chi connectivity index (χ4v) is 1.09. The fraction of sp³-hybridized carbons (Fsp3) is 0.444. The molecule has 0 aromatic heterocycles. The highest BCUT2D eigenvalue weighted by Crippen LogP contribution is 2.08. The molecule has 2 amide bonds. The molecule has 1 heterocycles. The van der Waals surface area contributed by atoms with Gasteiger partial charge in [-0.05, 0) is 6.92 Å². The van der Waals surface area contributed by atoms with Gasteiger partial charge in [0.05, 0.1) is 13.0 Å².